The molecule has 0 heterocycles. The van der Waals surface area contributed by atoms with E-state index in [1.165, 1.54) is 11.1 Å². The Labute approximate surface area is 209 Å². The van der Waals surface area contributed by atoms with E-state index in [1.54, 1.807) is 30.2 Å². The van der Waals surface area contributed by atoms with Crippen LogP contribution in [-0.4, -0.2) is 40.7 Å². The van der Waals surface area contributed by atoms with Gasteiger partial charge in [0.15, 0.2) is 0 Å². The number of hydrogen-bond donors (Lipinski definition) is 0. The predicted molar refractivity (Wildman–Crippen MR) is 124 cm³/mol. The maximum Gasteiger partial charge on any atom is 0.281 e. The molecule has 0 saturated heterocycles. The molecule has 0 saturated carbocycles. The fourth-order valence-corrected chi connectivity index (χ4v) is 7.64. The molecule has 0 aromatic rings. The molecule has 0 unspecified atom stereocenters. The van der Waals surface area contributed by atoms with Crippen LogP contribution in [0.25, 0.3) is 0 Å². The first-order valence-electron chi connectivity index (χ1n) is 9.13. The van der Waals surface area contributed by atoms with Crippen molar-refractivity contribution in [3.8, 4) is 0 Å². The minimum absolute atomic E-state index is 0.268. The van der Waals surface area contributed by atoms with Gasteiger partial charge >= 0.3 is 140 Å². The Hall–Kier alpha value is -2.33. The molecule has 0 aromatic heterocycles. The molecular weight excluding hydrogens is 504 g/mol. The first-order chi connectivity index (χ1) is 15.4. The first kappa shape index (κ1) is 41.0. The van der Waals surface area contributed by atoms with Gasteiger partial charge in [-0.2, -0.15) is 0 Å². The molecule has 33 heavy (non-hydrogen) atoms. The van der Waals surface area contributed by atoms with Crippen molar-refractivity contribution in [1.29, 1.82) is 0 Å². The van der Waals surface area contributed by atoms with Crippen molar-refractivity contribution in [2.24, 2.45) is 10.8 Å². The zero-order valence-electron chi connectivity index (χ0n) is 20.9. The summed E-state index contributed by atoms with van der Waals surface area (Å²) >= 11 is -0.293. The average molecular weight is 534 g/mol. The molecule has 2 aliphatic rings. The van der Waals surface area contributed by atoms with Crippen LogP contribution >= 0.6 is 0 Å². The number of rotatable bonds is 2. The van der Waals surface area contributed by atoms with Crippen LogP contribution in [0.15, 0.2) is 41.4 Å². The van der Waals surface area contributed by atoms with Gasteiger partial charge in [0, 0.05) is 0 Å². The molecule has 0 amide bonds. The molecule has 0 aromatic carbocycles. The van der Waals surface area contributed by atoms with Gasteiger partial charge in [0.25, 0.3) is 40.7 Å². The molecule has 0 aliphatic heterocycles. The maximum atomic E-state index is 7.50. The normalized spacial score (nSPS) is 16.5. The summed E-state index contributed by atoms with van der Waals surface area (Å²) in [6, 6.07) is 0. The molecule has 0 N–H and O–H groups in total. The van der Waals surface area contributed by atoms with E-state index in [4.69, 9.17) is 28.8 Å². The van der Waals surface area contributed by atoms with E-state index in [0.29, 0.717) is 0 Å². The fourth-order valence-electron chi connectivity index (χ4n) is 3.63. The minimum Gasteiger partial charge on any atom is -0.281 e. The molecule has 0 spiro atoms. The van der Waals surface area contributed by atoms with Crippen LogP contribution in [0.5, 0.6) is 0 Å². The van der Waals surface area contributed by atoms with Gasteiger partial charge in [-0.1, -0.05) is 0 Å². The maximum absolute atomic E-state index is 7.50. The zero-order chi connectivity index (χ0) is 28.3. The average Bonchev–Trinajstić information content (AvgIpc) is 3.11. The Morgan fingerprint density at radius 3 is 0.727 bits per heavy atom. The van der Waals surface area contributed by atoms with Crippen molar-refractivity contribution in [2.45, 2.75) is 69.2 Å². The SMILES string of the molecule is CC1=C(C)C(C)(C)[C]([Mo][C]2=C(C)C(C)=C(C)C2(C)C)=C1C.[C]=O.[C]=O.[C]=O.[C]=O.[C]=O.[C]=O. The van der Waals surface area contributed by atoms with Crippen LogP contribution in [0.3, 0.4) is 0 Å². The molecule has 2 rings (SSSR count). The summed E-state index contributed by atoms with van der Waals surface area (Å²) in [5, 5.41) is 0. The Kier molecular flexibility index (Phi) is 25.2. The number of carbonyl (C=O) groups excluding carboxylic acids is 6. The van der Waals surface area contributed by atoms with Crippen molar-refractivity contribution in [2.75, 3.05) is 0 Å². The summed E-state index contributed by atoms with van der Waals surface area (Å²) < 4.78 is 3.51. The Bertz CT molecular complexity index is 670. The van der Waals surface area contributed by atoms with Crippen molar-refractivity contribution < 1.29 is 47.3 Å². The van der Waals surface area contributed by atoms with Gasteiger partial charge in [-0.25, -0.2) is 0 Å². The number of allylic oxidation sites excluding steroid dienone is 8. The van der Waals surface area contributed by atoms with Crippen LogP contribution in [0.4, 0.5) is 0 Å². The summed E-state index contributed by atoms with van der Waals surface area (Å²) in [6.07, 6.45) is 0. The Morgan fingerprint density at radius 1 is 0.424 bits per heavy atom. The van der Waals surface area contributed by atoms with Crippen molar-refractivity contribution in [1.82, 2.24) is 0 Å². The van der Waals surface area contributed by atoms with Gasteiger partial charge in [-0.15, -0.1) is 0 Å². The smallest absolute Gasteiger partial charge is 0.281 e. The summed E-state index contributed by atoms with van der Waals surface area (Å²) in [5.74, 6) is 0. The Morgan fingerprint density at radius 2 is 0.606 bits per heavy atom. The molecule has 7 heteroatoms. The minimum atomic E-state index is -0.293. The molecule has 176 valence electrons. The monoisotopic (exact) mass is 536 g/mol. The summed E-state index contributed by atoms with van der Waals surface area (Å²) in [6.45, 7) is 50.7. The predicted octanol–water partition coefficient (Wildman–Crippen LogP) is 3.99. The van der Waals surface area contributed by atoms with Crippen molar-refractivity contribution in [3.05, 3.63) is 41.4 Å². The van der Waals surface area contributed by atoms with Gasteiger partial charge in [-0.3, -0.25) is 28.8 Å². The van der Waals surface area contributed by atoms with Crippen molar-refractivity contribution in [3.63, 3.8) is 0 Å². The second kappa shape index (κ2) is 20.3. The zero-order valence-corrected chi connectivity index (χ0v) is 22.9. The second-order valence-corrected chi connectivity index (χ2v) is 10.3. The third kappa shape index (κ3) is 9.21. The van der Waals surface area contributed by atoms with E-state index in [9.17, 15) is 0 Å². The molecule has 2 aliphatic carbocycles. The van der Waals surface area contributed by atoms with Crippen LogP contribution in [0, 0.1) is 10.8 Å². The fraction of sp³-hybridized carbons (Fsp3) is 0.462. The van der Waals surface area contributed by atoms with Gasteiger partial charge in [0.2, 0.25) is 0 Å². The topological polar surface area (TPSA) is 102 Å². The third-order valence-corrected chi connectivity index (χ3v) is 11.2. The largest absolute Gasteiger partial charge is 0.281 e. The number of hydrogen-bond acceptors (Lipinski definition) is 6. The molecule has 12 radical (unpaired) electrons. The summed E-state index contributed by atoms with van der Waals surface area (Å²) in [7, 11) is 0. The Balaban J connectivity index is -0.000000189. The van der Waals surface area contributed by atoms with E-state index in [0.717, 1.165) is 0 Å². The van der Waals surface area contributed by atoms with E-state index in [2.05, 4.69) is 110 Å². The molecule has 0 fully saturated rings. The van der Waals surface area contributed by atoms with Gasteiger partial charge in [0.1, 0.15) is 0 Å². The van der Waals surface area contributed by atoms with E-state index < -0.39 is 0 Å². The van der Waals surface area contributed by atoms with E-state index >= 15 is 0 Å². The standard InChI is InChI=1S/2C10H15.6CO.Mo/c2*1-7-6-10(4,5)9(3)8(7)2;6*1-2;/h2*1-5H3;;;;;;;. The summed E-state index contributed by atoms with van der Waals surface area (Å²) in [4.78, 5) is 45.0. The van der Waals surface area contributed by atoms with Crippen LogP contribution in [0.2, 0.25) is 0 Å². The molecule has 0 bridgehead atoms. The van der Waals surface area contributed by atoms with Crippen LogP contribution in [0.1, 0.15) is 69.2 Å². The first-order valence-corrected chi connectivity index (χ1v) is 11.1. The van der Waals surface area contributed by atoms with Gasteiger partial charge in [-0.05, 0) is 0 Å². The molecule has 6 nitrogen and oxygen atoms in total. The van der Waals surface area contributed by atoms with E-state index in [-0.39, 0.29) is 29.4 Å². The molecule has 0 atom stereocenters. The second-order valence-electron chi connectivity index (χ2n) is 7.76. The van der Waals surface area contributed by atoms with Gasteiger partial charge < -0.3 is 0 Å². The van der Waals surface area contributed by atoms with Crippen LogP contribution < -0.4 is 0 Å². The van der Waals surface area contributed by atoms with Gasteiger partial charge in [0.05, 0.1) is 0 Å². The molecular formula is C26H30MoO6. The third-order valence-electron chi connectivity index (χ3n) is 6.15. The summed E-state index contributed by atoms with van der Waals surface area (Å²) in [5.41, 5.74) is 9.93. The van der Waals surface area contributed by atoms with Crippen LogP contribution in [-0.2, 0) is 47.3 Å². The van der Waals surface area contributed by atoms with Crippen molar-refractivity contribution >= 4 is 40.7 Å². The quantitative estimate of drug-likeness (QED) is 0.497. The van der Waals surface area contributed by atoms with E-state index in [1.807, 2.05) is 0 Å².